The van der Waals surface area contributed by atoms with Gasteiger partial charge in [-0.05, 0) is 56.6 Å². The number of halogens is 2. The van der Waals surface area contributed by atoms with Gasteiger partial charge in [0.1, 0.15) is 0 Å². The molecule has 0 bridgehead atoms. The third-order valence-corrected chi connectivity index (χ3v) is 6.01. The van der Waals surface area contributed by atoms with Crippen LogP contribution in [0, 0.1) is 11.6 Å². The molecular formula is C24H33F2N5O2. The summed E-state index contributed by atoms with van der Waals surface area (Å²) in [5.41, 5.74) is 1.75. The lowest BCUT2D eigenvalue weighted by Gasteiger charge is -2.31. The van der Waals surface area contributed by atoms with E-state index < -0.39 is 11.6 Å². The maximum absolute atomic E-state index is 14.2. The normalized spacial score (nSPS) is 16.2. The molecule has 0 aliphatic carbocycles. The third kappa shape index (κ3) is 6.60. The van der Waals surface area contributed by atoms with Crippen molar-refractivity contribution in [3.63, 3.8) is 0 Å². The van der Waals surface area contributed by atoms with Crippen molar-refractivity contribution in [1.29, 1.82) is 0 Å². The maximum atomic E-state index is 14.2. The number of aryl methyl sites for hydroxylation is 2. The molecule has 9 heteroatoms. The van der Waals surface area contributed by atoms with Gasteiger partial charge in [-0.25, -0.2) is 8.78 Å². The van der Waals surface area contributed by atoms with Crippen LogP contribution in [0.3, 0.4) is 0 Å². The average Bonchev–Trinajstić information content (AvgIpc) is 3.20. The molecule has 0 fully saturated rings. The van der Waals surface area contributed by atoms with Gasteiger partial charge in [0, 0.05) is 51.8 Å². The Balaban J connectivity index is 1.91. The van der Waals surface area contributed by atoms with E-state index in [1.807, 2.05) is 20.3 Å². The van der Waals surface area contributed by atoms with E-state index in [1.165, 1.54) is 4.90 Å². The first-order chi connectivity index (χ1) is 15.8. The summed E-state index contributed by atoms with van der Waals surface area (Å²) in [6.45, 7) is 4.34. The van der Waals surface area contributed by atoms with Crippen LogP contribution in [-0.4, -0.2) is 64.6 Å². The van der Waals surface area contributed by atoms with Gasteiger partial charge in [-0.3, -0.25) is 14.3 Å². The van der Waals surface area contributed by atoms with Crippen LogP contribution >= 0.6 is 0 Å². The summed E-state index contributed by atoms with van der Waals surface area (Å²) in [6.07, 6.45) is 6.19. The van der Waals surface area contributed by atoms with Crippen molar-refractivity contribution in [1.82, 2.24) is 19.6 Å². The van der Waals surface area contributed by atoms with E-state index in [4.69, 9.17) is 0 Å². The van der Waals surface area contributed by atoms with Gasteiger partial charge in [-0.1, -0.05) is 6.92 Å². The molecule has 1 aromatic carbocycles. The van der Waals surface area contributed by atoms with Gasteiger partial charge >= 0.3 is 0 Å². The Morgan fingerprint density at radius 3 is 2.36 bits per heavy atom. The van der Waals surface area contributed by atoms with Gasteiger partial charge in [0.25, 0.3) is 0 Å². The van der Waals surface area contributed by atoms with Gasteiger partial charge < -0.3 is 14.7 Å². The van der Waals surface area contributed by atoms with E-state index in [1.54, 1.807) is 22.7 Å². The predicted molar refractivity (Wildman–Crippen MR) is 123 cm³/mol. The minimum Gasteiger partial charge on any atom is -0.338 e. The van der Waals surface area contributed by atoms with E-state index in [0.29, 0.717) is 37.2 Å². The summed E-state index contributed by atoms with van der Waals surface area (Å²) >= 11 is 0. The highest BCUT2D eigenvalue weighted by Crippen LogP contribution is 2.27. The molecule has 2 amide bonds. The molecule has 0 unspecified atom stereocenters. The van der Waals surface area contributed by atoms with E-state index in [0.717, 1.165) is 37.2 Å². The van der Waals surface area contributed by atoms with E-state index in [2.05, 4.69) is 10.00 Å². The van der Waals surface area contributed by atoms with Crippen LogP contribution in [0.25, 0.3) is 0 Å². The van der Waals surface area contributed by atoms with Crippen LogP contribution < -0.4 is 4.90 Å². The Kier molecular flexibility index (Phi) is 8.55. The number of amides is 2. The first-order valence-corrected chi connectivity index (χ1v) is 11.5. The fourth-order valence-electron chi connectivity index (χ4n) is 4.18. The fraction of sp³-hybridized carbons (Fsp3) is 0.542. The second kappa shape index (κ2) is 11.4. The summed E-state index contributed by atoms with van der Waals surface area (Å²) in [6, 6.07) is 2.21. The lowest BCUT2D eigenvalue weighted by Crippen LogP contribution is -2.38. The molecule has 0 N–H and O–H groups in total. The number of hydrogen-bond donors (Lipinski definition) is 0. The number of benzene rings is 1. The number of hydrogen-bond acceptors (Lipinski definition) is 4. The lowest BCUT2D eigenvalue weighted by molar-refractivity contribution is -0.131. The Bertz CT molecular complexity index is 978. The molecule has 0 spiro atoms. The zero-order valence-corrected chi connectivity index (χ0v) is 19.7. The Morgan fingerprint density at radius 1 is 1.00 bits per heavy atom. The molecule has 0 saturated carbocycles. The number of nitrogens with zero attached hydrogens (tertiary/aromatic N) is 5. The smallest absolute Gasteiger partial charge is 0.226 e. The first kappa shape index (κ1) is 24.8. The molecule has 0 atom stereocenters. The van der Waals surface area contributed by atoms with Crippen LogP contribution in [0.15, 0.2) is 24.5 Å². The summed E-state index contributed by atoms with van der Waals surface area (Å²) in [5.74, 6) is -2.20. The Labute approximate surface area is 193 Å². The van der Waals surface area contributed by atoms with Gasteiger partial charge in [0.05, 0.1) is 11.9 Å². The van der Waals surface area contributed by atoms with Crippen molar-refractivity contribution in [3.05, 3.63) is 47.3 Å². The fourth-order valence-corrected chi connectivity index (χ4v) is 4.18. The third-order valence-electron chi connectivity index (χ3n) is 6.01. The molecule has 33 heavy (non-hydrogen) atoms. The van der Waals surface area contributed by atoms with Crippen molar-refractivity contribution in [2.24, 2.45) is 7.05 Å². The topological polar surface area (TPSA) is 61.7 Å². The van der Waals surface area contributed by atoms with Gasteiger partial charge in [-0.2, -0.15) is 5.10 Å². The molecule has 0 saturated heterocycles. The SMILES string of the molecule is CCC(=O)N1CCCN(C)CCCN(C(=O)CCc2cnn(C)c2)Cc2cc(F)c(F)cc21. The molecule has 2 heterocycles. The van der Waals surface area contributed by atoms with Crippen LogP contribution in [0.5, 0.6) is 0 Å². The standard InChI is InChI=1S/C24H33F2N5O2/c1-4-23(32)31-12-6-10-28(2)9-5-11-30(17-19-13-20(25)21(26)14-22(19)31)24(33)8-7-18-15-27-29(3)16-18/h13-16H,4-12,17H2,1-3H3. The minimum absolute atomic E-state index is 0.0670. The summed E-state index contributed by atoms with van der Waals surface area (Å²) in [4.78, 5) is 31.2. The van der Waals surface area contributed by atoms with Crippen LogP contribution in [-0.2, 0) is 29.6 Å². The minimum atomic E-state index is -0.999. The Hall–Kier alpha value is -2.81. The quantitative estimate of drug-likeness (QED) is 0.702. The van der Waals surface area contributed by atoms with Gasteiger partial charge in [-0.15, -0.1) is 0 Å². The Morgan fingerprint density at radius 2 is 1.70 bits per heavy atom. The van der Waals surface area contributed by atoms with Crippen LogP contribution in [0.4, 0.5) is 14.5 Å². The maximum Gasteiger partial charge on any atom is 0.226 e. The summed E-state index contributed by atoms with van der Waals surface area (Å²) in [5, 5.41) is 4.14. The highest BCUT2D eigenvalue weighted by molar-refractivity contribution is 5.94. The molecule has 1 aromatic heterocycles. The van der Waals surface area contributed by atoms with Crippen molar-refractivity contribution in [2.45, 2.75) is 45.6 Å². The monoisotopic (exact) mass is 461 g/mol. The van der Waals surface area contributed by atoms with E-state index in [9.17, 15) is 18.4 Å². The number of anilines is 1. The predicted octanol–water partition coefficient (Wildman–Crippen LogP) is 3.13. The number of carbonyl (C=O) groups is 2. The number of fused-ring (bicyclic) bond motifs is 1. The average molecular weight is 462 g/mol. The van der Waals surface area contributed by atoms with Crippen molar-refractivity contribution in [3.8, 4) is 0 Å². The lowest BCUT2D eigenvalue weighted by atomic mass is 10.1. The zero-order chi connectivity index (χ0) is 24.0. The van der Waals surface area contributed by atoms with E-state index in [-0.39, 0.29) is 31.2 Å². The molecule has 180 valence electrons. The second-order valence-electron chi connectivity index (χ2n) is 8.64. The first-order valence-electron chi connectivity index (χ1n) is 11.5. The number of rotatable bonds is 4. The van der Waals surface area contributed by atoms with Crippen molar-refractivity contribution >= 4 is 17.5 Å². The molecule has 7 nitrogen and oxygen atoms in total. The highest BCUT2D eigenvalue weighted by Gasteiger charge is 2.24. The highest BCUT2D eigenvalue weighted by atomic mass is 19.2. The number of carbonyl (C=O) groups excluding carboxylic acids is 2. The molecular weight excluding hydrogens is 428 g/mol. The summed E-state index contributed by atoms with van der Waals surface area (Å²) in [7, 11) is 3.83. The largest absolute Gasteiger partial charge is 0.338 e. The van der Waals surface area contributed by atoms with Crippen molar-refractivity contribution in [2.75, 3.05) is 38.1 Å². The van der Waals surface area contributed by atoms with Crippen molar-refractivity contribution < 1.29 is 18.4 Å². The molecule has 3 rings (SSSR count). The molecule has 1 aliphatic rings. The molecule has 2 aromatic rings. The van der Waals surface area contributed by atoms with Crippen LogP contribution in [0.2, 0.25) is 0 Å². The van der Waals surface area contributed by atoms with Gasteiger partial charge in [0.2, 0.25) is 11.8 Å². The zero-order valence-electron chi connectivity index (χ0n) is 19.7. The van der Waals surface area contributed by atoms with Gasteiger partial charge in [0.15, 0.2) is 11.6 Å². The number of aromatic nitrogens is 2. The molecule has 0 radical (unpaired) electrons. The van der Waals surface area contributed by atoms with Crippen LogP contribution in [0.1, 0.15) is 43.7 Å². The molecule has 1 aliphatic heterocycles. The second-order valence-corrected chi connectivity index (χ2v) is 8.64. The summed E-state index contributed by atoms with van der Waals surface area (Å²) < 4.78 is 30.2. The van der Waals surface area contributed by atoms with E-state index >= 15 is 0 Å².